The summed E-state index contributed by atoms with van der Waals surface area (Å²) in [6.45, 7) is 12.2. The molecule has 1 unspecified atom stereocenters. The number of hydrogen-bond acceptors (Lipinski definition) is 7. The molecule has 4 aromatic rings. The molecule has 1 N–H and O–H groups in total. The zero-order chi connectivity index (χ0) is 31.8. The summed E-state index contributed by atoms with van der Waals surface area (Å²) < 4.78 is 16.0. The predicted octanol–water partition coefficient (Wildman–Crippen LogP) is 6.70. The average molecular weight is 615 g/mol. The third-order valence-corrected chi connectivity index (χ3v) is 9.19. The molecule has 0 saturated carbocycles. The minimum atomic E-state index is -1.19. The van der Waals surface area contributed by atoms with Gasteiger partial charge in [-0.3, -0.25) is 0 Å². The summed E-state index contributed by atoms with van der Waals surface area (Å²) in [7, 11) is 0. The maximum Gasteiger partial charge on any atom is 0.337 e. The molecule has 3 aliphatic heterocycles. The van der Waals surface area contributed by atoms with Crippen LogP contribution in [0.1, 0.15) is 101 Å². The molecule has 6 heterocycles. The Hall–Kier alpha value is -3.92. The molecule has 0 aliphatic carbocycles. The van der Waals surface area contributed by atoms with Crippen LogP contribution in [0.2, 0.25) is 0 Å². The summed E-state index contributed by atoms with van der Waals surface area (Å²) in [6, 6.07) is 10.1. The van der Waals surface area contributed by atoms with Crippen molar-refractivity contribution in [3.05, 3.63) is 65.1 Å². The number of nitrogens with zero attached hydrogens (tertiary/aromatic N) is 6. The topological polar surface area (TPSA) is 107 Å². The van der Waals surface area contributed by atoms with Gasteiger partial charge in [-0.2, -0.15) is 9.61 Å². The Morgan fingerprint density at radius 3 is 2.60 bits per heavy atom. The number of anilines is 1. The Morgan fingerprint density at radius 2 is 1.84 bits per heavy atom. The molecule has 7 rings (SSSR count). The summed E-state index contributed by atoms with van der Waals surface area (Å²) in [5.41, 5.74) is 3.55. The SMILES string of the molecule is Cc1nc2cc3nn2c(c1C(OC(C)(C)C)C(=O)O)N1CCC(C)(CCCCCCOc2ccccc2Cc2cnn-3c2)CC1. The number of carboxylic acid groups (broad SMARTS) is 1. The highest BCUT2D eigenvalue weighted by molar-refractivity contribution is 5.78. The van der Waals surface area contributed by atoms with Crippen LogP contribution in [0.25, 0.3) is 11.5 Å². The van der Waals surface area contributed by atoms with E-state index in [1.54, 1.807) is 9.20 Å². The van der Waals surface area contributed by atoms with Gasteiger partial charge < -0.3 is 19.5 Å². The van der Waals surface area contributed by atoms with Gasteiger partial charge in [0.25, 0.3) is 0 Å². The number of aliphatic carboxylic acids is 1. The minimum absolute atomic E-state index is 0.237. The number of benzene rings is 1. The van der Waals surface area contributed by atoms with Crippen LogP contribution in [-0.4, -0.2) is 60.8 Å². The third-order valence-electron chi connectivity index (χ3n) is 9.19. The van der Waals surface area contributed by atoms with E-state index in [1.165, 1.54) is 19.3 Å². The summed E-state index contributed by atoms with van der Waals surface area (Å²) in [5.74, 6) is 1.24. The van der Waals surface area contributed by atoms with Crippen LogP contribution < -0.4 is 9.64 Å². The first-order valence-electron chi connectivity index (χ1n) is 16.3. The minimum Gasteiger partial charge on any atom is -0.493 e. The van der Waals surface area contributed by atoms with Crippen LogP contribution >= 0.6 is 0 Å². The largest absolute Gasteiger partial charge is 0.493 e. The van der Waals surface area contributed by atoms with Crippen LogP contribution in [0.5, 0.6) is 5.75 Å². The first kappa shape index (κ1) is 31.1. The second-order valence-corrected chi connectivity index (χ2v) is 14.0. The van der Waals surface area contributed by atoms with E-state index in [2.05, 4.69) is 23.0 Å². The van der Waals surface area contributed by atoms with Gasteiger partial charge in [0.05, 0.1) is 24.0 Å². The van der Waals surface area contributed by atoms with Crippen LogP contribution in [0.3, 0.4) is 0 Å². The van der Waals surface area contributed by atoms with Crippen molar-refractivity contribution >= 4 is 17.4 Å². The summed E-state index contributed by atoms with van der Waals surface area (Å²) >= 11 is 0. The lowest BCUT2D eigenvalue weighted by Crippen LogP contribution is -2.41. The van der Waals surface area contributed by atoms with Crippen molar-refractivity contribution in [1.29, 1.82) is 0 Å². The summed E-state index contributed by atoms with van der Waals surface area (Å²) in [5, 5.41) is 20.1. The summed E-state index contributed by atoms with van der Waals surface area (Å²) in [4.78, 5) is 19.9. The van der Waals surface area contributed by atoms with Gasteiger partial charge in [0.1, 0.15) is 11.6 Å². The van der Waals surface area contributed by atoms with Crippen LogP contribution in [0.4, 0.5) is 5.82 Å². The molecule has 0 amide bonds. The lowest BCUT2D eigenvalue weighted by molar-refractivity contribution is -0.160. The molecule has 1 saturated heterocycles. The number of carboxylic acids is 1. The molecule has 3 aromatic heterocycles. The molecule has 10 nitrogen and oxygen atoms in total. The van der Waals surface area contributed by atoms with Crippen LogP contribution in [0.15, 0.2) is 42.7 Å². The van der Waals surface area contributed by atoms with Crippen molar-refractivity contribution < 1.29 is 19.4 Å². The van der Waals surface area contributed by atoms with Crippen LogP contribution in [-0.2, 0) is 16.0 Å². The first-order valence-corrected chi connectivity index (χ1v) is 16.3. The molecule has 0 spiro atoms. The van der Waals surface area contributed by atoms with Gasteiger partial charge >= 0.3 is 5.97 Å². The van der Waals surface area contributed by atoms with E-state index in [0.717, 1.165) is 68.1 Å². The van der Waals surface area contributed by atoms with Gasteiger partial charge in [-0.05, 0) is 76.0 Å². The zero-order valence-electron chi connectivity index (χ0n) is 27.3. The van der Waals surface area contributed by atoms with Crippen molar-refractivity contribution in [2.75, 3.05) is 24.6 Å². The van der Waals surface area contributed by atoms with E-state index in [4.69, 9.17) is 19.6 Å². The molecular weight excluding hydrogens is 568 g/mol. The fourth-order valence-corrected chi connectivity index (χ4v) is 6.70. The van der Waals surface area contributed by atoms with E-state index >= 15 is 0 Å². The Labute approximate surface area is 265 Å². The molecule has 240 valence electrons. The lowest BCUT2D eigenvalue weighted by atomic mass is 9.76. The Kier molecular flexibility index (Phi) is 8.61. The predicted molar refractivity (Wildman–Crippen MR) is 173 cm³/mol. The standard InChI is InChI=1S/C35H46N6O4/c1-24-30(31(33(42)43)45-34(2,3)4)32-39-17-15-35(5,16-18-39)14-10-6-7-11-19-44-27-13-9-8-12-26(27)20-25-22-36-40(23-25)29-21-28(37-24)41(32)38-29/h8-9,12-13,21-23,31H,6-7,10-11,14-20H2,1-5H3,(H,42,43). The van der Waals surface area contributed by atoms with Gasteiger partial charge in [-0.15, -0.1) is 5.10 Å². The molecule has 6 bridgehead atoms. The smallest absolute Gasteiger partial charge is 0.337 e. The van der Waals surface area contributed by atoms with Gasteiger partial charge in [0, 0.05) is 37.5 Å². The highest BCUT2D eigenvalue weighted by Gasteiger charge is 2.37. The number of ether oxygens (including phenoxy) is 2. The fraction of sp³-hybridized carbons (Fsp3) is 0.543. The average Bonchev–Trinajstić information content (AvgIpc) is 3.62. The van der Waals surface area contributed by atoms with Gasteiger partial charge in [0.15, 0.2) is 17.6 Å². The van der Waals surface area contributed by atoms with Crippen molar-refractivity contribution in [2.24, 2.45) is 5.41 Å². The van der Waals surface area contributed by atoms with Gasteiger partial charge in [0.2, 0.25) is 0 Å². The van der Waals surface area contributed by atoms with E-state index in [1.807, 2.05) is 64.4 Å². The second-order valence-electron chi connectivity index (χ2n) is 14.0. The van der Waals surface area contributed by atoms with E-state index < -0.39 is 17.7 Å². The number of aromatic nitrogens is 5. The third kappa shape index (κ3) is 6.85. The van der Waals surface area contributed by atoms with E-state index in [-0.39, 0.29) is 5.41 Å². The van der Waals surface area contributed by atoms with Gasteiger partial charge in [-0.25, -0.2) is 14.5 Å². The molecule has 1 atom stereocenters. The molecular formula is C35H46N6O4. The lowest BCUT2D eigenvalue weighted by Gasteiger charge is -2.41. The Bertz CT molecular complexity index is 1660. The highest BCUT2D eigenvalue weighted by atomic mass is 16.5. The Balaban J connectivity index is 1.46. The van der Waals surface area contributed by atoms with E-state index in [0.29, 0.717) is 29.1 Å². The Morgan fingerprint density at radius 1 is 1.09 bits per heavy atom. The highest BCUT2D eigenvalue weighted by Crippen LogP contribution is 2.41. The van der Waals surface area contributed by atoms with Crippen LogP contribution in [0, 0.1) is 12.3 Å². The van der Waals surface area contributed by atoms with Crippen molar-refractivity contribution in [3.63, 3.8) is 0 Å². The molecule has 1 aromatic carbocycles. The molecule has 0 radical (unpaired) electrons. The quantitative estimate of drug-likeness (QED) is 0.272. The number of fused-ring (bicyclic) bond motifs is 8. The number of hydrogen-bond donors (Lipinski definition) is 1. The van der Waals surface area contributed by atoms with Crippen molar-refractivity contribution in [1.82, 2.24) is 24.4 Å². The van der Waals surface area contributed by atoms with Crippen molar-refractivity contribution in [2.45, 2.75) is 97.7 Å². The fourth-order valence-electron chi connectivity index (χ4n) is 6.70. The normalized spacial score (nSPS) is 18.3. The first-order chi connectivity index (χ1) is 21.5. The number of aryl methyl sites for hydroxylation is 1. The second kappa shape index (κ2) is 12.5. The zero-order valence-corrected chi connectivity index (χ0v) is 27.3. The van der Waals surface area contributed by atoms with Gasteiger partial charge in [-0.1, -0.05) is 44.4 Å². The molecule has 1 fully saturated rings. The number of piperidine rings is 1. The summed E-state index contributed by atoms with van der Waals surface area (Å²) in [6.07, 6.45) is 11.2. The number of para-hydroxylation sites is 1. The molecule has 10 heteroatoms. The maximum atomic E-state index is 12.8. The van der Waals surface area contributed by atoms with Crippen molar-refractivity contribution in [3.8, 4) is 11.6 Å². The maximum absolute atomic E-state index is 12.8. The molecule has 3 aliphatic rings. The number of rotatable bonds is 3. The van der Waals surface area contributed by atoms with E-state index in [9.17, 15) is 9.90 Å². The number of carbonyl (C=O) groups is 1. The molecule has 45 heavy (non-hydrogen) atoms. The monoisotopic (exact) mass is 614 g/mol.